The van der Waals surface area contributed by atoms with E-state index >= 15 is 0 Å². The molecule has 1 aromatic heterocycles. The Morgan fingerprint density at radius 1 is 1.62 bits per heavy atom. The molecular weight excluding hydrogens is 178 g/mol. The van der Waals surface area contributed by atoms with E-state index in [-0.39, 0.29) is 0 Å². The molecule has 0 spiro atoms. The highest BCUT2D eigenvalue weighted by atomic mass is 19.3. The van der Waals surface area contributed by atoms with Gasteiger partial charge >= 0.3 is 0 Å². The number of halogens is 2. The maximum Gasteiger partial charge on any atom is 0.272 e. The molecule has 1 rings (SSSR count). The van der Waals surface area contributed by atoms with Crippen molar-refractivity contribution in [1.29, 1.82) is 0 Å². The summed E-state index contributed by atoms with van der Waals surface area (Å²) in [5.74, 6) is 0.310. The summed E-state index contributed by atoms with van der Waals surface area (Å²) in [5.41, 5.74) is 0.850. The number of aromatic nitrogens is 2. The molecule has 1 aromatic rings. The molecule has 0 N–H and O–H groups in total. The van der Waals surface area contributed by atoms with Crippen LogP contribution in [-0.2, 0) is 13.5 Å². The summed E-state index contributed by atoms with van der Waals surface area (Å²) < 4.78 is 30.0. The van der Waals surface area contributed by atoms with Crippen molar-refractivity contribution in [3.05, 3.63) is 11.8 Å². The predicted octanol–water partition coefficient (Wildman–Crippen LogP) is 1.63. The summed E-state index contributed by atoms with van der Waals surface area (Å²) >= 11 is 0. The van der Waals surface area contributed by atoms with Gasteiger partial charge in [0.25, 0.3) is 6.43 Å². The van der Waals surface area contributed by atoms with E-state index in [2.05, 4.69) is 5.10 Å². The molecular formula is C8H12F2N2O. The molecule has 0 radical (unpaired) electrons. The Hall–Kier alpha value is -1.13. The quantitative estimate of drug-likeness (QED) is 0.721. The fourth-order valence-electron chi connectivity index (χ4n) is 1.02. The molecule has 74 valence electrons. The van der Waals surface area contributed by atoms with Gasteiger partial charge in [-0.1, -0.05) is 6.92 Å². The first-order chi connectivity index (χ1) is 6.13. The van der Waals surface area contributed by atoms with Gasteiger partial charge in [-0.15, -0.1) is 5.10 Å². The minimum atomic E-state index is -2.45. The average molecular weight is 190 g/mol. The summed E-state index contributed by atoms with van der Waals surface area (Å²) in [6, 6.07) is 0. The predicted molar refractivity (Wildman–Crippen MR) is 44.1 cm³/mol. The zero-order valence-corrected chi connectivity index (χ0v) is 7.63. The third-order valence-electron chi connectivity index (χ3n) is 1.59. The van der Waals surface area contributed by atoms with E-state index in [1.807, 2.05) is 6.92 Å². The van der Waals surface area contributed by atoms with Crippen molar-refractivity contribution in [3.63, 3.8) is 0 Å². The molecule has 13 heavy (non-hydrogen) atoms. The normalized spacial score (nSPS) is 10.8. The Morgan fingerprint density at radius 2 is 2.31 bits per heavy atom. The summed E-state index contributed by atoms with van der Waals surface area (Å²) in [6.45, 7) is 1.33. The standard InChI is InChI=1S/C8H12F2N2O/c1-3-6-4-12(2)11-8(6)13-5-7(9)10/h4,7H,3,5H2,1-2H3. The van der Waals surface area contributed by atoms with E-state index in [1.165, 1.54) is 0 Å². The molecule has 0 aliphatic heterocycles. The third-order valence-corrected chi connectivity index (χ3v) is 1.59. The second-order valence-electron chi connectivity index (χ2n) is 2.69. The first-order valence-corrected chi connectivity index (χ1v) is 4.07. The molecule has 0 aliphatic rings. The van der Waals surface area contributed by atoms with E-state index in [9.17, 15) is 8.78 Å². The molecule has 0 fully saturated rings. The van der Waals surface area contributed by atoms with Gasteiger partial charge in [0.1, 0.15) is 0 Å². The van der Waals surface area contributed by atoms with Crippen LogP contribution in [0.4, 0.5) is 8.78 Å². The minimum Gasteiger partial charge on any atom is -0.470 e. The lowest BCUT2D eigenvalue weighted by Crippen LogP contribution is -2.08. The third kappa shape index (κ3) is 2.68. The van der Waals surface area contributed by atoms with Crippen LogP contribution in [0.25, 0.3) is 0 Å². The van der Waals surface area contributed by atoms with Gasteiger partial charge in [0.2, 0.25) is 5.88 Å². The molecule has 0 unspecified atom stereocenters. The van der Waals surface area contributed by atoms with Crippen molar-refractivity contribution >= 4 is 0 Å². The van der Waals surface area contributed by atoms with Gasteiger partial charge < -0.3 is 4.74 Å². The summed E-state index contributed by atoms with van der Waals surface area (Å²) in [5, 5.41) is 3.91. The maximum atomic E-state index is 11.8. The molecule has 1 heterocycles. The molecule has 0 aromatic carbocycles. The highest BCUT2D eigenvalue weighted by molar-refractivity contribution is 5.22. The lowest BCUT2D eigenvalue weighted by atomic mass is 10.3. The lowest BCUT2D eigenvalue weighted by molar-refractivity contribution is 0.0788. The number of alkyl halides is 2. The van der Waals surface area contributed by atoms with Gasteiger partial charge in [-0.2, -0.15) is 0 Å². The first kappa shape index (κ1) is 9.95. The van der Waals surface area contributed by atoms with Gasteiger partial charge in [-0.3, -0.25) is 4.68 Å². The fraction of sp³-hybridized carbons (Fsp3) is 0.625. The van der Waals surface area contributed by atoms with E-state index in [0.29, 0.717) is 5.88 Å². The Morgan fingerprint density at radius 3 is 2.85 bits per heavy atom. The Kier molecular flexibility index (Phi) is 3.22. The summed E-state index contributed by atoms with van der Waals surface area (Å²) in [6.07, 6.45) is 0.0411. The van der Waals surface area contributed by atoms with Crippen LogP contribution >= 0.6 is 0 Å². The van der Waals surface area contributed by atoms with Crippen LogP contribution < -0.4 is 4.74 Å². The molecule has 0 aliphatic carbocycles. The average Bonchev–Trinajstić information content (AvgIpc) is 2.42. The second-order valence-corrected chi connectivity index (χ2v) is 2.69. The van der Waals surface area contributed by atoms with Gasteiger partial charge in [-0.05, 0) is 6.42 Å². The number of rotatable bonds is 4. The highest BCUT2D eigenvalue weighted by Gasteiger charge is 2.09. The van der Waals surface area contributed by atoms with Crippen molar-refractivity contribution in [1.82, 2.24) is 9.78 Å². The summed E-state index contributed by atoms with van der Waals surface area (Å²) in [4.78, 5) is 0. The minimum absolute atomic E-state index is 0.310. The van der Waals surface area contributed by atoms with Crippen LogP contribution in [0.2, 0.25) is 0 Å². The van der Waals surface area contributed by atoms with Crippen LogP contribution in [0.3, 0.4) is 0 Å². The van der Waals surface area contributed by atoms with Gasteiger partial charge in [0.15, 0.2) is 6.61 Å². The van der Waals surface area contributed by atoms with Crippen molar-refractivity contribution < 1.29 is 13.5 Å². The second kappa shape index (κ2) is 4.20. The Labute approximate surface area is 75.3 Å². The van der Waals surface area contributed by atoms with Crippen LogP contribution in [0.1, 0.15) is 12.5 Å². The maximum absolute atomic E-state index is 11.8. The summed E-state index contributed by atoms with van der Waals surface area (Å²) in [7, 11) is 1.73. The molecule has 0 saturated carbocycles. The van der Waals surface area contributed by atoms with E-state index in [0.717, 1.165) is 12.0 Å². The van der Waals surface area contributed by atoms with Crippen molar-refractivity contribution in [2.45, 2.75) is 19.8 Å². The lowest BCUT2D eigenvalue weighted by Gasteiger charge is -2.02. The smallest absolute Gasteiger partial charge is 0.272 e. The molecule has 0 amide bonds. The zero-order chi connectivity index (χ0) is 9.84. The van der Waals surface area contributed by atoms with Gasteiger partial charge in [0, 0.05) is 18.8 Å². The Balaban J connectivity index is 2.64. The van der Waals surface area contributed by atoms with Crippen molar-refractivity contribution in [3.8, 4) is 5.88 Å². The van der Waals surface area contributed by atoms with E-state index in [1.54, 1.807) is 17.9 Å². The highest BCUT2D eigenvalue weighted by Crippen LogP contribution is 2.16. The molecule has 5 heteroatoms. The van der Waals surface area contributed by atoms with Gasteiger partial charge in [0.05, 0.1) is 0 Å². The molecule has 0 atom stereocenters. The van der Waals surface area contributed by atoms with Crippen molar-refractivity contribution in [2.75, 3.05) is 6.61 Å². The fourth-order valence-corrected chi connectivity index (χ4v) is 1.02. The topological polar surface area (TPSA) is 27.1 Å². The molecule has 0 saturated heterocycles. The number of nitrogens with zero attached hydrogens (tertiary/aromatic N) is 2. The number of aryl methyl sites for hydroxylation is 2. The molecule has 0 bridgehead atoms. The number of hydrogen-bond acceptors (Lipinski definition) is 2. The van der Waals surface area contributed by atoms with Crippen LogP contribution in [0.5, 0.6) is 5.88 Å². The Bertz CT molecular complexity index is 273. The number of ether oxygens (including phenoxy) is 1. The zero-order valence-electron chi connectivity index (χ0n) is 7.63. The van der Waals surface area contributed by atoms with Crippen LogP contribution in [-0.4, -0.2) is 22.8 Å². The van der Waals surface area contributed by atoms with Gasteiger partial charge in [-0.25, -0.2) is 8.78 Å². The first-order valence-electron chi connectivity index (χ1n) is 4.07. The monoisotopic (exact) mass is 190 g/mol. The SMILES string of the molecule is CCc1cn(C)nc1OCC(F)F. The largest absolute Gasteiger partial charge is 0.470 e. The van der Waals surface area contributed by atoms with Crippen LogP contribution in [0.15, 0.2) is 6.20 Å². The van der Waals surface area contributed by atoms with Crippen molar-refractivity contribution in [2.24, 2.45) is 7.05 Å². The molecule has 3 nitrogen and oxygen atoms in total. The van der Waals surface area contributed by atoms with E-state index in [4.69, 9.17) is 4.74 Å². The number of hydrogen-bond donors (Lipinski definition) is 0. The van der Waals surface area contributed by atoms with E-state index < -0.39 is 13.0 Å². The van der Waals surface area contributed by atoms with Crippen LogP contribution in [0, 0.1) is 0 Å².